The number of nitro benzene ring substituents is 2. The van der Waals surface area contributed by atoms with Gasteiger partial charge in [-0.15, -0.1) is 0 Å². The van der Waals surface area contributed by atoms with Crippen molar-refractivity contribution in [3.8, 4) is 0 Å². The minimum absolute atomic E-state index is 0.0342. The van der Waals surface area contributed by atoms with E-state index in [1.165, 1.54) is 30.3 Å². The van der Waals surface area contributed by atoms with Crippen molar-refractivity contribution in [3.63, 3.8) is 0 Å². The summed E-state index contributed by atoms with van der Waals surface area (Å²) in [5, 5.41) is 22.2. The van der Waals surface area contributed by atoms with Crippen molar-refractivity contribution >= 4 is 40.1 Å². The maximum atomic E-state index is 12.3. The van der Waals surface area contributed by atoms with Crippen LogP contribution in [0.5, 0.6) is 0 Å². The molecule has 0 atom stereocenters. The Hall–Kier alpha value is -3.53. The molecule has 3 rings (SSSR count). The molecule has 3 aromatic rings. The Balaban J connectivity index is 1.86. The van der Waals surface area contributed by atoms with E-state index in [4.69, 9.17) is 16.3 Å². The molecular formula is C15H9ClN4O6. The third-order valence-corrected chi connectivity index (χ3v) is 3.78. The van der Waals surface area contributed by atoms with Gasteiger partial charge in [0.1, 0.15) is 12.9 Å². The van der Waals surface area contributed by atoms with Gasteiger partial charge in [-0.05, 0) is 18.2 Å². The number of nitrogens with zero attached hydrogens (tertiary/aromatic N) is 4. The SMILES string of the molecule is O=C(OCc1ccc(Cl)cc1[N+](=O)[O-])n1cnc2c([N+](=O)[O-])cccc21. The quantitative estimate of drug-likeness (QED) is 0.501. The molecule has 1 aromatic heterocycles. The van der Waals surface area contributed by atoms with Gasteiger partial charge in [-0.1, -0.05) is 17.7 Å². The topological polar surface area (TPSA) is 130 Å². The van der Waals surface area contributed by atoms with Crippen LogP contribution in [0, 0.1) is 20.2 Å². The summed E-state index contributed by atoms with van der Waals surface area (Å²) in [6, 6.07) is 8.12. The van der Waals surface area contributed by atoms with Crippen LogP contribution in [-0.2, 0) is 11.3 Å². The first-order valence-electron chi connectivity index (χ1n) is 7.09. The lowest BCUT2D eigenvalue weighted by Crippen LogP contribution is -2.13. The van der Waals surface area contributed by atoms with Gasteiger partial charge in [0.2, 0.25) is 0 Å². The maximum absolute atomic E-state index is 12.3. The molecule has 11 heteroatoms. The van der Waals surface area contributed by atoms with E-state index >= 15 is 0 Å². The molecule has 0 unspecified atom stereocenters. The third-order valence-electron chi connectivity index (χ3n) is 3.54. The molecule has 0 aliphatic heterocycles. The molecule has 1 heterocycles. The smallest absolute Gasteiger partial charge is 0.420 e. The Morgan fingerprint density at radius 1 is 1.15 bits per heavy atom. The van der Waals surface area contributed by atoms with Crippen LogP contribution in [0.4, 0.5) is 16.2 Å². The standard InChI is InChI=1S/C15H9ClN4O6/c16-10-5-4-9(13(6-10)20(24)25)7-26-15(21)18-8-17-14-11(18)2-1-3-12(14)19(22)23/h1-6,8H,7H2. The molecule has 0 amide bonds. The Bertz CT molecular complexity index is 1050. The highest BCUT2D eigenvalue weighted by atomic mass is 35.5. The summed E-state index contributed by atoms with van der Waals surface area (Å²) >= 11 is 5.73. The molecule has 132 valence electrons. The Morgan fingerprint density at radius 3 is 2.58 bits per heavy atom. The van der Waals surface area contributed by atoms with Crippen molar-refractivity contribution in [1.82, 2.24) is 9.55 Å². The number of rotatable bonds is 4. The minimum Gasteiger partial charge on any atom is -0.444 e. The molecule has 10 nitrogen and oxygen atoms in total. The number of carbonyl (C=O) groups is 1. The zero-order valence-electron chi connectivity index (χ0n) is 12.9. The first-order chi connectivity index (χ1) is 12.4. The van der Waals surface area contributed by atoms with Crippen molar-refractivity contribution in [2.45, 2.75) is 6.61 Å². The van der Waals surface area contributed by atoms with Crippen LogP contribution in [0.1, 0.15) is 5.56 Å². The second-order valence-corrected chi connectivity index (χ2v) is 5.54. The van der Waals surface area contributed by atoms with Gasteiger partial charge in [0, 0.05) is 17.2 Å². The first-order valence-corrected chi connectivity index (χ1v) is 7.46. The number of para-hydroxylation sites is 1. The molecule has 0 fully saturated rings. The van der Waals surface area contributed by atoms with Crippen molar-refractivity contribution < 1.29 is 19.4 Å². The van der Waals surface area contributed by atoms with Crippen LogP contribution < -0.4 is 0 Å². The molecule has 0 radical (unpaired) electrons. The summed E-state index contributed by atoms with van der Waals surface area (Å²) in [5.41, 5.74) is -0.149. The molecule has 2 aromatic carbocycles. The molecule has 0 N–H and O–H groups in total. The number of hydrogen-bond acceptors (Lipinski definition) is 7. The molecule has 0 saturated heterocycles. The summed E-state index contributed by atoms with van der Waals surface area (Å²) < 4.78 is 6.07. The zero-order valence-corrected chi connectivity index (χ0v) is 13.6. The van der Waals surface area contributed by atoms with Crippen molar-refractivity contribution in [3.05, 3.63) is 73.5 Å². The molecule has 26 heavy (non-hydrogen) atoms. The largest absolute Gasteiger partial charge is 0.444 e. The van der Waals surface area contributed by atoms with Gasteiger partial charge in [-0.25, -0.2) is 14.3 Å². The monoisotopic (exact) mass is 376 g/mol. The Morgan fingerprint density at radius 2 is 1.88 bits per heavy atom. The van der Waals surface area contributed by atoms with Gasteiger partial charge in [0.25, 0.3) is 11.4 Å². The molecule has 0 aliphatic carbocycles. The Kier molecular flexibility index (Phi) is 4.50. The van der Waals surface area contributed by atoms with Crippen molar-refractivity contribution in [1.29, 1.82) is 0 Å². The van der Waals surface area contributed by atoms with Gasteiger partial charge in [0.15, 0.2) is 5.52 Å². The average molecular weight is 377 g/mol. The van der Waals surface area contributed by atoms with E-state index in [-0.39, 0.29) is 39.6 Å². The highest BCUT2D eigenvalue weighted by Gasteiger charge is 2.20. The molecular weight excluding hydrogens is 368 g/mol. The number of nitro groups is 2. The fraction of sp³-hybridized carbons (Fsp3) is 0.0667. The summed E-state index contributed by atoms with van der Waals surface area (Å²) in [6.07, 6.45) is 0.216. The summed E-state index contributed by atoms with van der Waals surface area (Å²) in [6.45, 7) is -0.374. The predicted octanol–water partition coefficient (Wildman–Crippen LogP) is 3.69. The van der Waals surface area contributed by atoms with Crippen LogP contribution in [0.3, 0.4) is 0 Å². The van der Waals surface area contributed by atoms with Crippen LogP contribution in [-0.4, -0.2) is 25.5 Å². The number of benzene rings is 2. The van der Waals surface area contributed by atoms with Crippen molar-refractivity contribution in [2.75, 3.05) is 0 Å². The highest BCUT2D eigenvalue weighted by molar-refractivity contribution is 6.30. The van der Waals surface area contributed by atoms with E-state index in [9.17, 15) is 25.0 Å². The number of hydrogen-bond donors (Lipinski definition) is 0. The third kappa shape index (κ3) is 3.17. The van der Waals surface area contributed by atoms with Crippen LogP contribution in [0.15, 0.2) is 42.7 Å². The zero-order chi connectivity index (χ0) is 18.8. The second-order valence-electron chi connectivity index (χ2n) is 5.10. The molecule has 0 spiro atoms. The second kappa shape index (κ2) is 6.76. The number of ether oxygens (including phenoxy) is 1. The number of aromatic nitrogens is 2. The van der Waals surface area contributed by atoms with Crippen LogP contribution in [0.25, 0.3) is 11.0 Å². The lowest BCUT2D eigenvalue weighted by atomic mass is 10.2. The lowest BCUT2D eigenvalue weighted by Gasteiger charge is -2.07. The fourth-order valence-corrected chi connectivity index (χ4v) is 2.52. The van der Waals surface area contributed by atoms with E-state index in [1.807, 2.05) is 0 Å². The molecule has 0 saturated carbocycles. The molecule has 0 aliphatic rings. The fourth-order valence-electron chi connectivity index (χ4n) is 2.35. The van der Waals surface area contributed by atoms with E-state index in [0.717, 1.165) is 17.0 Å². The van der Waals surface area contributed by atoms with Gasteiger partial charge in [-0.3, -0.25) is 20.2 Å². The summed E-state index contributed by atoms with van der Waals surface area (Å²) in [7, 11) is 0. The predicted molar refractivity (Wildman–Crippen MR) is 90.1 cm³/mol. The van der Waals surface area contributed by atoms with Gasteiger partial charge < -0.3 is 4.74 Å². The number of non-ortho nitro benzene ring substituents is 1. The van der Waals surface area contributed by atoms with Crippen molar-refractivity contribution in [2.24, 2.45) is 0 Å². The number of carbonyl (C=O) groups excluding carboxylic acids is 1. The molecule has 0 bridgehead atoms. The maximum Gasteiger partial charge on any atom is 0.420 e. The van der Waals surface area contributed by atoms with E-state index < -0.39 is 15.9 Å². The number of imidazole rings is 1. The highest BCUT2D eigenvalue weighted by Crippen LogP contribution is 2.26. The van der Waals surface area contributed by atoms with E-state index in [2.05, 4.69) is 4.98 Å². The minimum atomic E-state index is -0.878. The van der Waals surface area contributed by atoms with Gasteiger partial charge >= 0.3 is 6.09 Å². The van der Waals surface area contributed by atoms with Gasteiger partial charge in [0.05, 0.1) is 20.9 Å². The first kappa shape index (κ1) is 17.3. The average Bonchev–Trinajstić information content (AvgIpc) is 3.04. The van der Waals surface area contributed by atoms with E-state index in [1.54, 1.807) is 0 Å². The summed E-state index contributed by atoms with van der Waals surface area (Å²) in [5.74, 6) is 0. The lowest BCUT2D eigenvalue weighted by molar-refractivity contribution is -0.385. The van der Waals surface area contributed by atoms with Gasteiger partial charge in [-0.2, -0.15) is 0 Å². The van der Waals surface area contributed by atoms with E-state index in [0.29, 0.717) is 0 Å². The normalized spacial score (nSPS) is 10.7. The Labute approximate surface area is 149 Å². The van der Waals surface area contributed by atoms with Crippen LogP contribution >= 0.6 is 11.6 Å². The summed E-state index contributed by atoms with van der Waals surface area (Å²) in [4.78, 5) is 36.9. The van der Waals surface area contributed by atoms with Crippen LogP contribution in [0.2, 0.25) is 5.02 Å². The number of halogens is 1. The number of fused-ring (bicyclic) bond motifs is 1.